The van der Waals surface area contributed by atoms with Gasteiger partial charge in [0.25, 0.3) is 0 Å². The van der Waals surface area contributed by atoms with Gasteiger partial charge >= 0.3 is 0 Å². The van der Waals surface area contributed by atoms with Crippen LogP contribution in [0.3, 0.4) is 0 Å². The van der Waals surface area contributed by atoms with Crippen LogP contribution in [0.15, 0.2) is 18.2 Å². The number of nitrogens with zero attached hydrogens (tertiary/aromatic N) is 1. The first-order valence-corrected chi connectivity index (χ1v) is 7.42. The fraction of sp³-hybridized carbons (Fsp3) is 0.625. The summed E-state index contributed by atoms with van der Waals surface area (Å²) in [4.78, 5) is 2.42. The predicted octanol–water partition coefficient (Wildman–Crippen LogP) is 1.68. The van der Waals surface area contributed by atoms with Crippen molar-refractivity contribution in [3.8, 4) is 11.5 Å². The van der Waals surface area contributed by atoms with E-state index >= 15 is 0 Å². The van der Waals surface area contributed by atoms with Gasteiger partial charge in [-0.1, -0.05) is 12.1 Å². The zero-order valence-corrected chi connectivity index (χ0v) is 12.6. The summed E-state index contributed by atoms with van der Waals surface area (Å²) in [6, 6.07) is 7.78. The highest BCUT2D eigenvalue weighted by Crippen LogP contribution is 2.34. The first-order valence-electron chi connectivity index (χ1n) is 7.42. The Morgan fingerprint density at radius 3 is 2.90 bits per heavy atom. The van der Waals surface area contributed by atoms with Crippen LogP contribution < -0.4 is 14.8 Å². The van der Waals surface area contributed by atoms with E-state index in [1.165, 1.54) is 12.0 Å². The summed E-state index contributed by atoms with van der Waals surface area (Å²) in [5, 5.41) is 3.75. The molecule has 0 bridgehead atoms. The largest absolute Gasteiger partial charge is 0.493 e. The Balaban J connectivity index is 1.64. The maximum absolute atomic E-state index is 5.92. The molecule has 1 fully saturated rings. The number of methoxy groups -OCH3 is 1. The lowest BCUT2D eigenvalue weighted by molar-refractivity contribution is 0.217. The van der Waals surface area contributed by atoms with Crippen molar-refractivity contribution in [1.29, 1.82) is 0 Å². The molecule has 1 aromatic carbocycles. The van der Waals surface area contributed by atoms with Gasteiger partial charge in [0.05, 0.1) is 7.11 Å². The summed E-state index contributed by atoms with van der Waals surface area (Å²) in [6.07, 6.45) is 2.24. The van der Waals surface area contributed by atoms with Crippen LogP contribution >= 0.6 is 0 Å². The van der Waals surface area contributed by atoms with Crippen molar-refractivity contribution in [2.75, 3.05) is 27.3 Å². The van der Waals surface area contributed by atoms with Gasteiger partial charge in [0.1, 0.15) is 6.61 Å². The zero-order valence-electron chi connectivity index (χ0n) is 12.6. The molecule has 0 radical (unpaired) electrons. The molecule has 3 rings (SSSR count). The van der Waals surface area contributed by atoms with Gasteiger partial charge in [0, 0.05) is 24.7 Å². The fourth-order valence-corrected chi connectivity index (χ4v) is 3.31. The van der Waals surface area contributed by atoms with Crippen LogP contribution in [0, 0.1) is 0 Å². The summed E-state index contributed by atoms with van der Waals surface area (Å²) in [7, 11) is 3.89. The Hall–Kier alpha value is -1.26. The molecule has 0 amide bonds. The molecule has 4 nitrogen and oxygen atoms in total. The molecule has 0 aromatic heterocycles. The van der Waals surface area contributed by atoms with Crippen LogP contribution in [0.25, 0.3) is 0 Å². The third-order valence-electron chi connectivity index (χ3n) is 4.53. The third kappa shape index (κ3) is 2.63. The molecule has 2 aliphatic rings. The molecule has 2 aliphatic heterocycles. The molecule has 0 unspecified atom stereocenters. The van der Waals surface area contributed by atoms with Crippen LogP contribution in [0.1, 0.15) is 18.9 Å². The molecule has 0 saturated carbocycles. The monoisotopic (exact) mass is 276 g/mol. The van der Waals surface area contributed by atoms with Gasteiger partial charge in [-0.05, 0) is 38.4 Å². The van der Waals surface area contributed by atoms with Crippen molar-refractivity contribution in [1.82, 2.24) is 10.2 Å². The van der Waals surface area contributed by atoms with E-state index < -0.39 is 0 Å². The quantitative estimate of drug-likeness (QED) is 0.911. The van der Waals surface area contributed by atoms with Crippen LogP contribution in [0.5, 0.6) is 11.5 Å². The van der Waals surface area contributed by atoms with E-state index in [9.17, 15) is 0 Å². The fourth-order valence-electron chi connectivity index (χ4n) is 3.31. The van der Waals surface area contributed by atoms with E-state index in [1.54, 1.807) is 7.11 Å². The van der Waals surface area contributed by atoms with E-state index in [0.717, 1.165) is 31.1 Å². The Labute approximate surface area is 121 Å². The minimum atomic E-state index is 0.401. The summed E-state index contributed by atoms with van der Waals surface area (Å²) >= 11 is 0. The van der Waals surface area contributed by atoms with Gasteiger partial charge in [0.2, 0.25) is 0 Å². The van der Waals surface area contributed by atoms with Crippen LogP contribution in [0.4, 0.5) is 0 Å². The molecule has 4 heteroatoms. The van der Waals surface area contributed by atoms with E-state index in [4.69, 9.17) is 9.47 Å². The zero-order chi connectivity index (χ0) is 14.1. The number of hydrogen-bond donors (Lipinski definition) is 1. The van der Waals surface area contributed by atoms with Gasteiger partial charge in [-0.2, -0.15) is 0 Å². The molecule has 2 heterocycles. The van der Waals surface area contributed by atoms with Crippen LogP contribution in [0.2, 0.25) is 0 Å². The third-order valence-corrected chi connectivity index (χ3v) is 4.53. The molecule has 1 aromatic rings. The van der Waals surface area contributed by atoms with Crippen molar-refractivity contribution in [2.24, 2.45) is 0 Å². The molecule has 110 valence electrons. The molecule has 1 saturated heterocycles. The average molecular weight is 276 g/mol. The van der Waals surface area contributed by atoms with Crippen LogP contribution in [-0.4, -0.2) is 50.3 Å². The highest BCUT2D eigenvalue weighted by molar-refractivity contribution is 5.48. The molecule has 0 aliphatic carbocycles. The summed E-state index contributed by atoms with van der Waals surface area (Å²) in [5.74, 6) is 1.76. The summed E-state index contributed by atoms with van der Waals surface area (Å²) < 4.78 is 11.3. The second kappa shape index (κ2) is 5.62. The second-order valence-electron chi connectivity index (χ2n) is 6.05. The van der Waals surface area contributed by atoms with Gasteiger partial charge < -0.3 is 19.7 Å². The molecule has 3 atom stereocenters. The number of rotatable bonds is 3. The highest BCUT2D eigenvalue weighted by atomic mass is 16.5. The second-order valence-corrected chi connectivity index (χ2v) is 6.05. The lowest BCUT2D eigenvalue weighted by Gasteiger charge is -2.29. The minimum absolute atomic E-state index is 0.401. The van der Waals surface area contributed by atoms with E-state index in [0.29, 0.717) is 18.1 Å². The molecule has 20 heavy (non-hydrogen) atoms. The Morgan fingerprint density at radius 2 is 2.20 bits per heavy atom. The van der Waals surface area contributed by atoms with Crippen molar-refractivity contribution in [2.45, 2.75) is 37.9 Å². The lowest BCUT2D eigenvalue weighted by atomic mass is 10.0. The number of para-hydroxylation sites is 1. The first kappa shape index (κ1) is 13.7. The number of fused-ring (bicyclic) bond motifs is 1. The van der Waals surface area contributed by atoms with E-state index in [2.05, 4.69) is 30.3 Å². The van der Waals surface area contributed by atoms with Gasteiger partial charge in [-0.15, -0.1) is 0 Å². The number of nitrogens with one attached hydrogen (secondary N) is 1. The maximum Gasteiger partial charge on any atom is 0.164 e. The first-order chi connectivity index (χ1) is 9.67. The van der Waals surface area contributed by atoms with Crippen molar-refractivity contribution >= 4 is 0 Å². The van der Waals surface area contributed by atoms with Crippen LogP contribution in [-0.2, 0) is 6.42 Å². The summed E-state index contributed by atoms with van der Waals surface area (Å²) in [5.41, 5.74) is 1.24. The smallest absolute Gasteiger partial charge is 0.164 e. The average Bonchev–Trinajstić information content (AvgIpc) is 2.76. The molecule has 1 N–H and O–H groups in total. The summed E-state index contributed by atoms with van der Waals surface area (Å²) in [6.45, 7) is 4.14. The lowest BCUT2D eigenvalue weighted by Crippen LogP contribution is -2.45. The van der Waals surface area contributed by atoms with Gasteiger partial charge in [0.15, 0.2) is 11.5 Å². The Bertz CT molecular complexity index is 468. The normalized spacial score (nSPS) is 29.9. The minimum Gasteiger partial charge on any atom is -0.493 e. The maximum atomic E-state index is 5.92. The number of benzene rings is 1. The number of likely N-dealkylation sites (tertiary alicyclic amines) is 1. The Morgan fingerprint density at radius 1 is 1.35 bits per heavy atom. The Kier molecular flexibility index (Phi) is 3.85. The molecule has 0 spiro atoms. The van der Waals surface area contributed by atoms with Crippen molar-refractivity contribution < 1.29 is 9.47 Å². The molecular formula is C16H24N2O2. The topological polar surface area (TPSA) is 33.7 Å². The van der Waals surface area contributed by atoms with Gasteiger partial charge in [-0.3, -0.25) is 0 Å². The number of hydrogen-bond acceptors (Lipinski definition) is 4. The number of likely N-dealkylation sites (N-methyl/N-ethyl adjacent to an activating group) is 1. The molecular weight excluding hydrogens is 252 g/mol. The predicted molar refractivity (Wildman–Crippen MR) is 79.6 cm³/mol. The number of ether oxygens (including phenoxy) is 2. The standard InChI is InChI=1S/C16H24N2O2/c1-11-7-13(9-18(11)2)17-14-8-12-5-4-6-15(19-3)16(12)20-10-14/h4-6,11,13-14,17H,7-10H2,1-3H3/t11-,13+,14+/m0/s1. The van der Waals surface area contributed by atoms with Crippen molar-refractivity contribution in [3.05, 3.63) is 23.8 Å². The van der Waals surface area contributed by atoms with Crippen molar-refractivity contribution in [3.63, 3.8) is 0 Å². The van der Waals surface area contributed by atoms with E-state index in [-0.39, 0.29) is 0 Å². The van der Waals surface area contributed by atoms with Gasteiger partial charge in [-0.25, -0.2) is 0 Å². The SMILES string of the molecule is COc1cccc2c1OC[C@H](N[C@@H]1C[C@H](C)N(C)C1)C2. The van der Waals surface area contributed by atoms with E-state index in [1.807, 2.05) is 12.1 Å². The highest BCUT2D eigenvalue weighted by Gasteiger charge is 2.30.